The van der Waals surface area contributed by atoms with Crippen molar-refractivity contribution in [2.75, 3.05) is 7.05 Å². The van der Waals surface area contributed by atoms with Crippen molar-refractivity contribution in [1.29, 1.82) is 0 Å². The molecule has 0 N–H and O–H groups in total. The number of rotatable bonds is 6. The van der Waals surface area contributed by atoms with E-state index in [2.05, 4.69) is 26.1 Å². The molecule has 1 saturated carbocycles. The Labute approximate surface area is 157 Å². The van der Waals surface area contributed by atoms with Crippen molar-refractivity contribution in [1.82, 2.24) is 24.5 Å². The van der Waals surface area contributed by atoms with Gasteiger partial charge in [0, 0.05) is 38.7 Å². The first-order chi connectivity index (χ1) is 12.2. The molecule has 0 saturated heterocycles. The van der Waals surface area contributed by atoms with E-state index in [4.69, 9.17) is 0 Å². The molecule has 0 spiro atoms. The lowest BCUT2D eigenvalue weighted by Crippen LogP contribution is -2.28. The van der Waals surface area contributed by atoms with Crippen molar-refractivity contribution in [2.45, 2.75) is 44.4 Å². The Balaban J connectivity index is 1.65. The molecule has 2 heterocycles. The Hall–Kier alpha value is -1.84. The quantitative estimate of drug-likeness (QED) is 0.701. The number of aromatic nitrogens is 4. The molecule has 1 amide bonds. The van der Waals surface area contributed by atoms with Crippen LogP contribution in [0.1, 0.15) is 42.3 Å². The Morgan fingerprint density at radius 1 is 1.42 bits per heavy atom. The highest BCUT2D eigenvalue weighted by molar-refractivity contribution is 9.10. The minimum Gasteiger partial charge on any atom is -0.340 e. The van der Waals surface area contributed by atoms with E-state index in [9.17, 15) is 18.0 Å². The van der Waals surface area contributed by atoms with Crippen LogP contribution in [0.2, 0.25) is 0 Å². The maximum atomic E-state index is 12.9. The zero-order valence-corrected chi connectivity index (χ0v) is 16.0. The number of alkyl halides is 3. The van der Waals surface area contributed by atoms with E-state index >= 15 is 0 Å². The number of carbonyl (C=O) groups is 1. The fraction of sp³-hybridized carbons (Fsp3) is 0.562. The number of aryl methyl sites for hydroxylation is 2. The molecule has 3 rings (SSSR count). The van der Waals surface area contributed by atoms with Crippen LogP contribution >= 0.6 is 15.9 Å². The van der Waals surface area contributed by atoms with Gasteiger partial charge in [-0.15, -0.1) is 0 Å². The Bertz CT molecular complexity index is 790. The molecule has 1 aliphatic carbocycles. The molecule has 0 atom stereocenters. The van der Waals surface area contributed by atoms with Crippen molar-refractivity contribution >= 4 is 21.8 Å². The number of carbonyl (C=O) groups excluding carboxylic acids is 1. The first-order valence-electron chi connectivity index (χ1n) is 8.22. The molecule has 2 aromatic heterocycles. The predicted molar refractivity (Wildman–Crippen MR) is 91.2 cm³/mol. The van der Waals surface area contributed by atoms with Crippen LogP contribution in [0.15, 0.2) is 16.7 Å². The average molecular weight is 434 g/mol. The van der Waals surface area contributed by atoms with E-state index in [0.29, 0.717) is 12.2 Å². The second-order valence-corrected chi connectivity index (χ2v) is 7.37. The van der Waals surface area contributed by atoms with Crippen molar-refractivity contribution in [3.05, 3.63) is 33.8 Å². The zero-order valence-electron chi connectivity index (χ0n) is 14.4. The van der Waals surface area contributed by atoms with Crippen LogP contribution in [-0.2, 0) is 31.1 Å². The van der Waals surface area contributed by atoms with Gasteiger partial charge in [-0.1, -0.05) is 0 Å². The van der Waals surface area contributed by atoms with Crippen molar-refractivity contribution in [2.24, 2.45) is 7.05 Å². The van der Waals surface area contributed by atoms with Crippen LogP contribution in [-0.4, -0.2) is 37.4 Å². The summed E-state index contributed by atoms with van der Waals surface area (Å²) in [6, 6.07) is 1.11. The van der Waals surface area contributed by atoms with E-state index in [1.165, 1.54) is 9.58 Å². The molecule has 142 valence electrons. The monoisotopic (exact) mass is 433 g/mol. The lowest BCUT2D eigenvalue weighted by Gasteiger charge is -2.18. The first kappa shape index (κ1) is 18.9. The van der Waals surface area contributed by atoms with Gasteiger partial charge in [-0.2, -0.15) is 23.4 Å². The fourth-order valence-corrected chi connectivity index (χ4v) is 3.25. The minimum absolute atomic E-state index is 0.0880. The number of halogens is 4. The predicted octanol–water partition coefficient (Wildman–Crippen LogP) is 3.32. The molecular weight excluding hydrogens is 415 g/mol. The zero-order chi connectivity index (χ0) is 19.1. The van der Waals surface area contributed by atoms with Crippen molar-refractivity contribution < 1.29 is 18.0 Å². The molecule has 6 nitrogen and oxygen atoms in total. The van der Waals surface area contributed by atoms with E-state index in [0.717, 1.165) is 29.1 Å². The standard InChI is InChI=1S/C16H19BrF3N5O/c1-23(9-13-11(17)8-21-24(13)2)15(26)5-6-25-12(10-3-4-10)7-14(22-25)16(18,19)20/h7-8,10H,3-6,9H2,1-2H3. The summed E-state index contributed by atoms with van der Waals surface area (Å²) >= 11 is 3.38. The molecule has 0 aromatic carbocycles. The van der Waals surface area contributed by atoms with Crippen LogP contribution in [0.4, 0.5) is 13.2 Å². The third kappa shape index (κ3) is 4.11. The minimum atomic E-state index is -4.47. The van der Waals surface area contributed by atoms with Crippen molar-refractivity contribution in [3.8, 4) is 0 Å². The number of amides is 1. The summed E-state index contributed by atoms with van der Waals surface area (Å²) in [5, 5.41) is 7.77. The summed E-state index contributed by atoms with van der Waals surface area (Å²) in [5.41, 5.74) is 0.527. The maximum absolute atomic E-state index is 12.9. The van der Waals surface area contributed by atoms with Crippen LogP contribution in [0, 0.1) is 0 Å². The molecular formula is C16H19BrF3N5O. The van der Waals surface area contributed by atoms with Crippen LogP contribution < -0.4 is 0 Å². The number of hydrogen-bond donors (Lipinski definition) is 0. The smallest absolute Gasteiger partial charge is 0.340 e. The lowest BCUT2D eigenvalue weighted by molar-refractivity contribution is -0.141. The van der Waals surface area contributed by atoms with E-state index in [-0.39, 0.29) is 24.8 Å². The van der Waals surface area contributed by atoms with Gasteiger partial charge in [-0.25, -0.2) is 0 Å². The molecule has 1 fully saturated rings. The summed E-state index contributed by atoms with van der Waals surface area (Å²) in [6.45, 7) is 0.496. The van der Waals surface area contributed by atoms with Gasteiger partial charge in [0.1, 0.15) is 0 Å². The van der Waals surface area contributed by atoms with Crippen LogP contribution in [0.5, 0.6) is 0 Å². The number of nitrogens with zero attached hydrogens (tertiary/aromatic N) is 5. The molecule has 10 heteroatoms. The maximum Gasteiger partial charge on any atom is 0.435 e. The van der Waals surface area contributed by atoms with Gasteiger partial charge in [0.05, 0.1) is 22.9 Å². The Morgan fingerprint density at radius 2 is 2.12 bits per heavy atom. The van der Waals surface area contributed by atoms with Gasteiger partial charge < -0.3 is 4.90 Å². The molecule has 0 aliphatic heterocycles. The second-order valence-electron chi connectivity index (χ2n) is 6.51. The largest absolute Gasteiger partial charge is 0.435 e. The van der Waals surface area contributed by atoms with Gasteiger partial charge in [-0.3, -0.25) is 14.2 Å². The third-order valence-electron chi connectivity index (χ3n) is 4.46. The summed E-state index contributed by atoms with van der Waals surface area (Å²) in [4.78, 5) is 13.9. The van der Waals surface area contributed by atoms with Gasteiger partial charge in [0.15, 0.2) is 5.69 Å². The highest BCUT2D eigenvalue weighted by Crippen LogP contribution is 2.42. The first-order valence-corrected chi connectivity index (χ1v) is 9.01. The fourth-order valence-electron chi connectivity index (χ4n) is 2.78. The lowest BCUT2D eigenvalue weighted by atomic mass is 10.2. The van der Waals surface area contributed by atoms with E-state index in [1.807, 2.05) is 0 Å². The van der Waals surface area contributed by atoms with E-state index < -0.39 is 11.9 Å². The summed E-state index contributed by atoms with van der Waals surface area (Å²) in [7, 11) is 3.44. The third-order valence-corrected chi connectivity index (χ3v) is 5.12. The highest BCUT2D eigenvalue weighted by Gasteiger charge is 2.37. The Morgan fingerprint density at radius 3 is 2.65 bits per heavy atom. The van der Waals surface area contributed by atoms with Gasteiger partial charge >= 0.3 is 6.18 Å². The van der Waals surface area contributed by atoms with Gasteiger partial charge in [-0.05, 0) is 34.8 Å². The molecule has 0 bridgehead atoms. The molecule has 0 unspecified atom stereocenters. The summed E-state index contributed by atoms with van der Waals surface area (Å²) in [5.74, 6) is -0.0410. The van der Waals surface area contributed by atoms with Crippen LogP contribution in [0.3, 0.4) is 0 Å². The van der Waals surface area contributed by atoms with Gasteiger partial charge in [0.25, 0.3) is 0 Å². The second kappa shape index (κ2) is 7.05. The topological polar surface area (TPSA) is 56.0 Å². The normalized spacial score (nSPS) is 14.7. The molecule has 1 aliphatic rings. The SMILES string of the molecule is CN(Cc1c(Br)cnn1C)C(=O)CCn1nc(C(F)(F)F)cc1C1CC1. The van der Waals surface area contributed by atoms with Crippen molar-refractivity contribution in [3.63, 3.8) is 0 Å². The van der Waals surface area contributed by atoms with Gasteiger partial charge in [0.2, 0.25) is 5.91 Å². The summed E-state index contributed by atoms with van der Waals surface area (Å²) in [6.07, 6.45) is -0.999. The molecule has 26 heavy (non-hydrogen) atoms. The molecule has 0 radical (unpaired) electrons. The average Bonchev–Trinajstić information content (AvgIpc) is 3.24. The number of hydrogen-bond acceptors (Lipinski definition) is 3. The summed E-state index contributed by atoms with van der Waals surface area (Å²) < 4.78 is 42.6. The van der Waals surface area contributed by atoms with Crippen LogP contribution in [0.25, 0.3) is 0 Å². The van der Waals surface area contributed by atoms with E-state index in [1.54, 1.807) is 25.0 Å². The molecule has 2 aromatic rings. The Kier molecular flexibility index (Phi) is 5.14. The highest BCUT2D eigenvalue weighted by atomic mass is 79.9.